The van der Waals surface area contributed by atoms with Gasteiger partial charge in [0.05, 0.1) is 0 Å². The number of halogens is 2. The van der Waals surface area contributed by atoms with Crippen LogP contribution >= 0.6 is 34.9 Å². The quantitative estimate of drug-likeness (QED) is 0.0453. The number of rotatable bonds is 13. The fourth-order valence-corrected chi connectivity index (χ4v) is 7.94. The number of anilines is 1. The molecular formula is C33H28ClFN6O5S2. The van der Waals surface area contributed by atoms with Gasteiger partial charge in [0.2, 0.25) is 16.7 Å². The van der Waals surface area contributed by atoms with Crippen LogP contribution in [0.4, 0.5) is 9.52 Å². The first-order valence-corrected chi connectivity index (χ1v) is 17.1. The number of carboxylic acids is 1. The molecule has 2 aliphatic rings. The van der Waals surface area contributed by atoms with Crippen LogP contribution in [0.2, 0.25) is 0 Å². The SMILES string of the molecule is O=C(O)C1=C(CCl)CS[C@@H]2[C@H](NC(=O)/C(=N\OCCF)c3nsc(NC(c4ccccc4)(c4ccccc4)c4ccccc4)n3)C(=O)N12. The number of thioether (sulfide) groups is 1. The number of oxime groups is 1. The van der Waals surface area contributed by atoms with Gasteiger partial charge in [-0.3, -0.25) is 14.5 Å². The van der Waals surface area contributed by atoms with E-state index in [1.54, 1.807) is 0 Å². The molecule has 48 heavy (non-hydrogen) atoms. The average Bonchev–Trinajstić information content (AvgIpc) is 3.59. The smallest absolute Gasteiger partial charge is 0.352 e. The monoisotopic (exact) mass is 706 g/mol. The molecule has 6 rings (SSSR count). The molecule has 4 aromatic rings. The average molecular weight is 707 g/mol. The van der Waals surface area contributed by atoms with E-state index in [0.29, 0.717) is 10.7 Å². The van der Waals surface area contributed by atoms with Crippen molar-refractivity contribution in [1.29, 1.82) is 0 Å². The summed E-state index contributed by atoms with van der Waals surface area (Å²) in [7, 11) is 0. The molecule has 0 unspecified atom stereocenters. The highest BCUT2D eigenvalue weighted by atomic mass is 35.5. The Labute approximate surface area is 288 Å². The fraction of sp³-hybridized carbons (Fsp3) is 0.212. The Morgan fingerprint density at radius 1 is 1.02 bits per heavy atom. The molecule has 11 nitrogen and oxygen atoms in total. The summed E-state index contributed by atoms with van der Waals surface area (Å²) in [5.41, 5.74) is 1.68. The second-order valence-corrected chi connectivity index (χ2v) is 12.7. The number of benzene rings is 3. The van der Waals surface area contributed by atoms with Crippen molar-refractivity contribution >= 4 is 63.5 Å². The van der Waals surface area contributed by atoms with E-state index in [-0.39, 0.29) is 28.9 Å². The molecule has 2 amide bonds. The second kappa shape index (κ2) is 14.5. The van der Waals surface area contributed by atoms with Crippen molar-refractivity contribution in [3.63, 3.8) is 0 Å². The van der Waals surface area contributed by atoms with Crippen LogP contribution in [0.15, 0.2) is 107 Å². The number of nitrogens with zero attached hydrogens (tertiary/aromatic N) is 4. The largest absolute Gasteiger partial charge is 0.477 e. The van der Waals surface area contributed by atoms with Gasteiger partial charge in [0.1, 0.15) is 35.9 Å². The number of carbonyl (C=O) groups is 3. The maximum atomic E-state index is 13.6. The van der Waals surface area contributed by atoms with E-state index in [9.17, 15) is 23.9 Å². The maximum absolute atomic E-state index is 13.6. The summed E-state index contributed by atoms with van der Waals surface area (Å²) in [6, 6.07) is 28.4. The summed E-state index contributed by atoms with van der Waals surface area (Å²) in [6.45, 7) is -1.28. The number of aromatic nitrogens is 2. The first-order chi connectivity index (χ1) is 23.4. The first-order valence-electron chi connectivity index (χ1n) is 14.7. The van der Waals surface area contributed by atoms with Gasteiger partial charge in [0.25, 0.3) is 11.8 Å². The molecule has 3 aromatic carbocycles. The molecule has 0 spiro atoms. The molecule has 1 fully saturated rings. The van der Waals surface area contributed by atoms with Crippen molar-refractivity contribution in [1.82, 2.24) is 19.6 Å². The van der Waals surface area contributed by atoms with E-state index in [0.717, 1.165) is 33.1 Å². The molecule has 15 heteroatoms. The summed E-state index contributed by atoms with van der Waals surface area (Å²) in [6.07, 6.45) is 0. The third-order valence-corrected chi connectivity index (χ3v) is 10.1. The van der Waals surface area contributed by atoms with Crippen LogP contribution in [0.5, 0.6) is 0 Å². The van der Waals surface area contributed by atoms with Gasteiger partial charge in [-0.15, -0.1) is 23.4 Å². The van der Waals surface area contributed by atoms with Crippen molar-refractivity contribution in [2.24, 2.45) is 5.16 Å². The van der Waals surface area contributed by atoms with Crippen molar-refractivity contribution < 1.29 is 28.7 Å². The maximum Gasteiger partial charge on any atom is 0.352 e. The molecule has 3 N–H and O–H groups in total. The minimum atomic E-state index is -1.28. The van der Waals surface area contributed by atoms with Gasteiger partial charge in [-0.05, 0) is 22.3 Å². The van der Waals surface area contributed by atoms with Gasteiger partial charge in [-0.1, -0.05) is 96.2 Å². The lowest BCUT2D eigenvalue weighted by Gasteiger charge is -2.49. The Morgan fingerprint density at radius 2 is 1.60 bits per heavy atom. The molecule has 0 aliphatic carbocycles. The highest BCUT2D eigenvalue weighted by Crippen LogP contribution is 2.42. The van der Waals surface area contributed by atoms with Crippen LogP contribution in [-0.4, -0.2) is 79.2 Å². The number of hydrogen-bond donors (Lipinski definition) is 3. The lowest BCUT2D eigenvalue weighted by atomic mass is 9.77. The molecule has 0 bridgehead atoms. The zero-order chi connectivity index (χ0) is 33.7. The Balaban J connectivity index is 1.32. The van der Waals surface area contributed by atoms with Gasteiger partial charge in [0, 0.05) is 23.2 Å². The number of carbonyl (C=O) groups excluding carboxylic acids is 2. The molecule has 0 radical (unpaired) electrons. The third-order valence-electron chi connectivity index (χ3n) is 7.79. The van der Waals surface area contributed by atoms with Crippen LogP contribution in [0.25, 0.3) is 0 Å². The van der Waals surface area contributed by atoms with E-state index in [1.165, 1.54) is 11.8 Å². The molecule has 246 valence electrons. The highest BCUT2D eigenvalue weighted by Gasteiger charge is 2.54. The molecule has 3 heterocycles. The zero-order valence-corrected chi connectivity index (χ0v) is 27.5. The van der Waals surface area contributed by atoms with Gasteiger partial charge >= 0.3 is 5.97 Å². The molecule has 2 aliphatic heterocycles. The number of carboxylic acid groups (broad SMARTS) is 1. The third kappa shape index (κ3) is 6.25. The lowest BCUT2D eigenvalue weighted by Crippen LogP contribution is -2.71. The summed E-state index contributed by atoms with van der Waals surface area (Å²) in [4.78, 5) is 49.4. The molecule has 1 aromatic heterocycles. The number of β-lactam (4-membered cyclic amide) rings is 1. The highest BCUT2D eigenvalue weighted by molar-refractivity contribution is 8.00. The summed E-state index contributed by atoms with van der Waals surface area (Å²) in [5.74, 6) is -2.62. The molecule has 1 saturated heterocycles. The van der Waals surface area contributed by atoms with E-state index in [2.05, 4.69) is 25.1 Å². The van der Waals surface area contributed by atoms with Crippen molar-refractivity contribution in [3.05, 3.63) is 125 Å². The van der Waals surface area contributed by atoms with Crippen LogP contribution in [0.3, 0.4) is 0 Å². The van der Waals surface area contributed by atoms with Crippen molar-refractivity contribution in [2.75, 3.05) is 30.2 Å². The number of aliphatic carboxylic acids is 1. The number of amides is 2. The topological polar surface area (TPSA) is 146 Å². The van der Waals surface area contributed by atoms with Crippen LogP contribution in [0.1, 0.15) is 22.5 Å². The van der Waals surface area contributed by atoms with Crippen LogP contribution < -0.4 is 10.6 Å². The van der Waals surface area contributed by atoms with Crippen LogP contribution in [0, 0.1) is 0 Å². The van der Waals surface area contributed by atoms with Gasteiger partial charge in [0.15, 0.2) is 0 Å². The standard InChI is InChI=1S/C33H28ClFN6O5S2/c34-18-20-19-47-30-25(29(43)41(30)26(20)31(44)45)36-28(42)24(39-46-17-16-35)27-37-32(48-40-27)38-33(21-10-4-1-5-11-21,22-12-6-2-7-13-22)23-14-8-3-9-15-23/h1-15,25,30H,16-19H2,(H,36,42)(H,44,45)(H,37,38,40)/b39-24-/t25-,30-/m1/s1. The first kappa shape index (κ1) is 33.1. The fourth-order valence-electron chi connectivity index (χ4n) is 5.64. The number of nitrogens with one attached hydrogen (secondary N) is 2. The van der Waals surface area contributed by atoms with Gasteiger partial charge < -0.3 is 20.6 Å². The Bertz CT molecular complexity index is 1770. The molecular weight excluding hydrogens is 679 g/mol. The summed E-state index contributed by atoms with van der Waals surface area (Å²) in [5, 5.41) is 19.4. The van der Waals surface area contributed by atoms with Crippen molar-refractivity contribution in [3.8, 4) is 0 Å². The van der Waals surface area contributed by atoms with Crippen LogP contribution in [-0.2, 0) is 24.8 Å². The van der Waals surface area contributed by atoms with Gasteiger partial charge in [-0.25, -0.2) is 9.18 Å². The van der Waals surface area contributed by atoms with E-state index >= 15 is 0 Å². The normalized spacial score (nSPS) is 17.8. The van der Waals surface area contributed by atoms with E-state index < -0.39 is 48.0 Å². The molecule has 2 atom stereocenters. The van der Waals surface area contributed by atoms with E-state index in [4.69, 9.17) is 16.4 Å². The number of hydrogen-bond acceptors (Lipinski definition) is 10. The van der Waals surface area contributed by atoms with Crippen molar-refractivity contribution in [2.45, 2.75) is 17.0 Å². The lowest BCUT2D eigenvalue weighted by molar-refractivity contribution is -0.150. The van der Waals surface area contributed by atoms with Gasteiger partial charge in [-0.2, -0.15) is 9.36 Å². The second-order valence-electron chi connectivity index (χ2n) is 10.6. The Kier molecular flexibility index (Phi) is 10.0. The zero-order valence-electron chi connectivity index (χ0n) is 25.1. The minimum absolute atomic E-state index is 0.0448. The molecule has 0 saturated carbocycles. The minimum Gasteiger partial charge on any atom is -0.477 e. The number of alkyl halides is 2. The predicted molar refractivity (Wildman–Crippen MR) is 182 cm³/mol. The Hall–Kier alpha value is -4.79. The Morgan fingerprint density at radius 3 is 2.12 bits per heavy atom. The summed E-state index contributed by atoms with van der Waals surface area (Å²) < 4.78 is 17.3. The van der Waals surface area contributed by atoms with E-state index in [1.807, 2.05) is 91.0 Å². The predicted octanol–water partition coefficient (Wildman–Crippen LogP) is 4.61. The summed E-state index contributed by atoms with van der Waals surface area (Å²) >= 11 is 8.19. The number of fused-ring (bicyclic) bond motifs is 1.